The summed E-state index contributed by atoms with van der Waals surface area (Å²) in [6.45, 7) is 1.97. The van der Waals surface area contributed by atoms with Gasteiger partial charge in [0.15, 0.2) is 5.96 Å². The molecule has 1 aliphatic heterocycles. The third-order valence-corrected chi connectivity index (χ3v) is 6.75. The molecule has 6 heteroatoms. The van der Waals surface area contributed by atoms with Crippen molar-refractivity contribution in [2.45, 2.75) is 88.7 Å². The fourth-order valence-corrected chi connectivity index (χ4v) is 4.96. The summed E-state index contributed by atoms with van der Waals surface area (Å²) in [7, 11) is 3.57. The maximum absolute atomic E-state index is 12.0. The quantitative estimate of drug-likeness (QED) is 0.557. The van der Waals surface area contributed by atoms with E-state index in [4.69, 9.17) is 4.74 Å². The van der Waals surface area contributed by atoms with Crippen molar-refractivity contribution in [2.24, 2.45) is 10.9 Å². The van der Waals surface area contributed by atoms with E-state index in [1.807, 2.05) is 0 Å². The number of carbonyl (C=O) groups is 1. The summed E-state index contributed by atoms with van der Waals surface area (Å²) < 4.78 is 6.24. The van der Waals surface area contributed by atoms with Crippen LogP contribution < -0.4 is 10.6 Å². The smallest absolute Gasteiger partial charge is 0.243 e. The summed E-state index contributed by atoms with van der Waals surface area (Å²) in [6, 6.07) is 0.374. The van der Waals surface area contributed by atoms with Crippen LogP contribution in [-0.2, 0) is 9.53 Å². The molecule has 1 atom stereocenters. The largest absolute Gasteiger partial charge is 0.375 e. The summed E-state index contributed by atoms with van der Waals surface area (Å²) in [5, 5.41) is 7.20. The highest BCUT2D eigenvalue weighted by molar-refractivity contribution is 5.84. The second-order valence-corrected chi connectivity index (χ2v) is 9.26. The summed E-state index contributed by atoms with van der Waals surface area (Å²) in [5.41, 5.74) is 0.0715. The first-order valence-electron chi connectivity index (χ1n) is 11.5. The van der Waals surface area contributed by atoms with Gasteiger partial charge < -0.3 is 20.3 Å². The van der Waals surface area contributed by atoms with Crippen molar-refractivity contribution in [1.82, 2.24) is 15.5 Å². The van der Waals surface area contributed by atoms with E-state index in [2.05, 4.69) is 15.6 Å². The number of likely N-dealkylation sites (N-methyl/N-ethyl adjacent to an activating group) is 1. The number of carbonyl (C=O) groups excluding carboxylic acids is 1. The third-order valence-electron chi connectivity index (χ3n) is 6.75. The molecule has 3 fully saturated rings. The number of hydrogen-bond donors (Lipinski definition) is 2. The van der Waals surface area contributed by atoms with Crippen LogP contribution in [0, 0.1) is 5.92 Å². The van der Waals surface area contributed by atoms with E-state index in [1.54, 1.807) is 19.0 Å². The predicted octanol–water partition coefficient (Wildman–Crippen LogP) is 3.07. The molecule has 1 unspecified atom stereocenters. The van der Waals surface area contributed by atoms with E-state index in [0.717, 1.165) is 37.9 Å². The summed E-state index contributed by atoms with van der Waals surface area (Å²) in [4.78, 5) is 18.3. The molecule has 0 aromatic carbocycles. The van der Waals surface area contributed by atoms with Gasteiger partial charge in [0, 0.05) is 33.3 Å². The molecule has 160 valence electrons. The fourth-order valence-electron chi connectivity index (χ4n) is 4.96. The van der Waals surface area contributed by atoms with Gasteiger partial charge in [-0.25, -0.2) is 4.99 Å². The second kappa shape index (κ2) is 10.5. The summed E-state index contributed by atoms with van der Waals surface area (Å²) in [6.07, 6.45) is 15.0. The zero-order chi connectivity index (χ0) is 19.8. The van der Waals surface area contributed by atoms with Crippen molar-refractivity contribution in [3.05, 3.63) is 0 Å². The van der Waals surface area contributed by atoms with Crippen molar-refractivity contribution >= 4 is 11.9 Å². The molecule has 0 aromatic rings. The van der Waals surface area contributed by atoms with Gasteiger partial charge in [-0.3, -0.25) is 4.79 Å². The van der Waals surface area contributed by atoms with Gasteiger partial charge in [0.25, 0.3) is 0 Å². The Morgan fingerprint density at radius 2 is 1.79 bits per heavy atom. The van der Waals surface area contributed by atoms with Gasteiger partial charge in [-0.15, -0.1) is 0 Å². The number of rotatable bonds is 5. The van der Waals surface area contributed by atoms with Crippen LogP contribution in [-0.4, -0.2) is 62.2 Å². The van der Waals surface area contributed by atoms with Crippen LogP contribution in [0.1, 0.15) is 77.0 Å². The van der Waals surface area contributed by atoms with Gasteiger partial charge in [-0.05, 0) is 44.4 Å². The van der Waals surface area contributed by atoms with Crippen molar-refractivity contribution < 1.29 is 9.53 Å². The van der Waals surface area contributed by atoms with Crippen molar-refractivity contribution in [3.63, 3.8) is 0 Å². The second-order valence-electron chi connectivity index (χ2n) is 9.26. The van der Waals surface area contributed by atoms with Crippen LogP contribution in [0.4, 0.5) is 0 Å². The number of hydrogen-bond acceptors (Lipinski definition) is 3. The Balaban J connectivity index is 1.58. The standard InChI is InChI=1S/C22H40N4O2/c1-26(2)20(27)17-24-21(23-16-18-9-5-3-6-10-18)25-19-11-14-28-22(15-19)12-7-4-8-13-22/h18-19H,3-17H2,1-2H3,(H2,23,24,25). The maximum Gasteiger partial charge on any atom is 0.243 e. The molecular formula is C22H40N4O2. The number of guanidine groups is 1. The molecule has 0 aromatic heterocycles. The Morgan fingerprint density at radius 1 is 1.07 bits per heavy atom. The third kappa shape index (κ3) is 6.36. The van der Waals surface area contributed by atoms with E-state index < -0.39 is 0 Å². The first kappa shape index (κ1) is 21.4. The Labute approximate surface area is 170 Å². The molecule has 0 bridgehead atoms. The van der Waals surface area contributed by atoms with E-state index in [0.29, 0.717) is 6.04 Å². The highest BCUT2D eigenvalue weighted by Crippen LogP contribution is 2.38. The molecule has 2 aliphatic carbocycles. The van der Waals surface area contributed by atoms with Crippen LogP contribution in [0.25, 0.3) is 0 Å². The highest BCUT2D eigenvalue weighted by Gasteiger charge is 2.38. The average molecular weight is 393 g/mol. The van der Waals surface area contributed by atoms with Crippen LogP contribution in [0.2, 0.25) is 0 Å². The van der Waals surface area contributed by atoms with Crippen LogP contribution in [0.5, 0.6) is 0 Å². The maximum atomic E-state index is 12.0. The zero-order valence-corrected chi connectivity index (χ0v) is 18.0. The molecule has 6 nitrogen and oxygen atoms in total. The first-order chi connectivity index (χ1) is 13.6. The van der Waals surface area contributed by atoms with E-state index >= 15 is 0 Å². The van der Waals surface area contributed by atoms with Crippen LogP contribution in [0.3, 0.4) is 0 Å². The Bertz CT molecular complexity index is 517. The Hall–Kier alpha value is -1.30. The minimum absolute atomic E-state index is 0.0366. The summed E-state index contributed by atoms with van der Waals surface area (Å²) in [5.74, 6) is 1.57. The molecule has 1 spiro atoms. The number of ether oxygens (including phenoxy) is 1. The van der Waals surface area contributed by atoms with E-state index in [-0.39, 0.29) is 18.1 Å². The van der Waals surface area contributed by atoms with Gasteiger partial charge in [0.05, 0.1) is 5.60 Å². The number of aliphatic imine (C=N–C) groups is 1. The topological polar surface area (TPSA) is 66.0 Å². The van der Waals surface area contributed by atoms with Gasteiger partial charge in [0.1, 0.15) is 6.54 Å². The SMILES string of the molecule is CN(C)C(=O)CN=C(NCC1CCCCC1)NC1CCOC2(CCCCC2)C1. The zero-order valence-electron chi connectivity index (χ0n) is 18.0. The van der Waals surface area contributed by atoms with Gasteiger partial charge in [-0.1, -0.05) is 38.5 Å². The lowest BCUT2D eigenvalue weighted by molar-refractivity contribution is -0.127. The predicted molar refractivity (Wildman–Crippen MR) is 113 cm³/mol. The fraction of sp³-hybridized carbons (Fsp3) is 0.909. The van der Waals surface area contributed by atoms with Crippen LogP contribution in [0.15, 0.2) is 4.99 Å². The monoisotopic (exact) mass is 392 g/mol. The van der Waals surface area contributed by atoms with E-state index in [1.165, 1.54) is 64.2 Å². The first-order valence-corrected chi connectivity index (χ1v) is 11.5. The van der Waals surface area contributed by atoms with Gasteiger partial charge in [0.2, 0.25) is 5.91 Å². The minimum atomic E-state index is 0.0366. The molecule has 1 heterocycles. The summed E-state index contributed by atoms with van der Waals surface area (Å²) >= 11 is 0. The lowest BCUT2D eigenvalue weighted by Gasteiger charge is -2.44. The number of nitrogens with zero attached hydrogens (tertiary/aromatic N) is 2. The van der Waals surface area contributed by atoms with E-state index in [9.17, 15) is 4.79 Å². The van der Waals surface area contributed by atoms with Crippen molar-refractivity contribution in [1.29, 1.82) is 0 Å². The van der Waals surface area contributed by atoms with Gasteiger partial charge in [-0.2, -0.15) is 0 Å². The number of amides is 1. The highest BCUT2D eigenvalue weighted by atomic mass is 16.5. The van der Waals surface area contributed by atoms with Crippen LogP contribution >= 0.6 is 0 Å². The molecule has 2 N–H and O–H groups in total. The normalized spacial score (nSPS) is 26.1. The van der Waals surface area contributed by atoms with Crippen molar-refractivity contribution in [3.8, 4) is 0 Å². The Kier molecular flexibility index (Phi) is 8.00. The molecule has 0 radical (unpaired) electrons. The molecule has 1 amide bonds. The molecule has 3 rings (SSSR count). The number of nitrogens with one attached hydrogen (secondary N) is 2. The lowest BCUT2D eigenvalue weighted by Crippen LogP contribution is -2.52. The average Bonchev–Trinajstić information content (AvgIpc) is 2.71. The molecule has 1 saturated heterocycles. The molecule has 28 heavy (non-hydrogen) atoms. The molecule has 3 aliphatic rings. The van der Waals surface area contributed by atoms with Gasteiger partial charge >= 0.3 is 0 Å². The molecular weight excluding hydrogens is 352 g/mol. The lowest BCUT2D eigenvalue weighted by atomic mass is 9.78. The molecule has 2 saturated carbocycles. The minimum Gasteiger partial charge on any atom is -0.375 e. The Morgan fingerprint density at radius 3 is 2.50 bits per heavy atom. The van der Waals surface area contributed by atoms with Crippen molar-refractivity contribution in [2.75, 3.05) is 33.8 Å².